The number of aromatic nitrogens is 2. The highest BCUT2D eigenvalue weighted by atomic mass is 15.0. The summed E-state index contributed by atoms with van der Waals surface area (Å²) >= 11 is 0. The highest BCUT2D eigenvalue weighted by Gasteiger charge is 2.17. The summed E-state index contributed by atoms with van der Waals surface area (Å²) in [6.45, 7) is 0. The first-order valence-electron chi connectivity index (χ1n) is 6.11. The van der Waals surface area contributed by atoms with Crippen molar-refractivity contribution in [1.29, 1.82) is 0 Å². The number of hydrogen-bond donors (Lipinski definition) is 0. The Balaban J connectivity index is 1.87. The average molecular weight is 232 g/mol. The van der Waals surface area contributed by atoms with Crippen molar-refractivity contribution in [2.45, 2.75) is 6.42 Å². The number of benzene rings is 2. The highest BCUT2D eigenvalue weighted by molar-refractivity contribution is 5.77. The van der Waals surface area contributed by atoms with Crippen molar-refractivity contribution in [3.05, 3.63) is 72.3 Å². The van der Waals surface area contributed by atoms with Crippen LogP contribution in [0.2, 0.25) is 0 Å². The number of hydrogen-bond acceptors (Lipinski definition) is 1. The lowest BCUT2D eigenvalue weighted by Crippen LogP contribution is -1.91. The predicted octanol–water partition coefficient (Wildman–Crippen LogP) is 3.44. The van der Waals surface area contributed by atoms with Gasteiger partial charge in [0.2, 0.25) is 0 Å². The first kappa shape index (κ1) is 9.66. The molecule has 0 saturated heterocycles. The zero-order valence-corrected chi connectivity index (χ0v) is 9.88. The van der Waals surface area contributed by atoms with E-state index < -0.39 is 0 Å². The van der Waals surface area contributed by atoms with Gasteiger partial charge in [0.25, 0.3) is 0 Å². The van der Waals surface area contributed by atoms with Crippen LogP contribution < -0.4 is 0 Å². The Morgan fingerprint density at radius 2 is 1.83 bits per heavy atom. The molecule has 2 aromatic carbocycles. The molecule has 0 unspecified atom stereocenters. The van der Waals surface area contributed by atoms with Crippen LogP contribution in [-0.2, 0) is 6.42 Å². The predicted molar refractivity (Wildman–Crippen MR) is 71.8 cm³/mol. The normalized spacial score (nSPS) is 12.2. The summed E-state index contributed by atoms with van der Waals surface area (Å²) in [7, 11) is 0. The first-order valence-corrected chi connectivity index (χ1v) is 6.11. The second-order valence-corrected chi connectivity index (χ2v) is 4.65. The third-order valence-electron chi connectivity index (χ3n) is 3.58. The molecule has 18 heavy (non-hydrogen) atoms. The Kier molecular flexibility index (Phi) is 1.92. The standard InChI is InChI=1S/C16H12N2/c1-2-4-15-12(3-1)9-13-10-14(5-6-16(13)15)18-8-7-17-11-18/h1-8,10-11H,9H2. The van der Waals surface area contributed by atoms with E-state index >= 15 is 0 Å². The number of fused-ring (bicyclic) bond motifs is 3. The molecule has 0 saturated carbocycles. The highest BCUT2D eigenvalue weighted by Crippen LogP contribution is 2.37. The summed E-state index contributed by atoms with van der Waals surface area (Å²) in [5.74, 6) is 0. The van der Waals surface area contributed by atoms with Gasteiger partial charge in [-0.05, 0) is 40.8 Å². The van der Waals surface area contributed by atoms with Crippen LogP contribution in [0.1, 0.15) is 11.1 Å². The van der Waals surface area contributed by atoms with Crippen LogP contribution in [0.3, 0.4) is 0 Å². The molecule has 0 N–H and O–H groups in total. The molecular weight excluding hydrogens is 220 g/mol. The van der Waals surface area contributed by atoms with E-state index in [1.54, 1.807) is 0 Å². The fourth-order valence-electron chi connectivity index (χ4n) is 2.70. The smallest absolute Gasteiger partial charge is 0.0991 e. The molecule has 0 aliphatic heterocycles. The topological polar surface area (TPSA) is 17.8 Å². The van der Waals surface area contributed by atoms with Crippen LogP contribution in [0.15, 0.2) is 61.2 Å². The minimum absolute atomic E-state index is 1.04. The fraction of sp³-hybridized carbons (Fsp3) is 0.0625. The van der Waals surface area contributed by atoms with Gasteiger partial charge in [0.05, 0.1) is 6.33 Å². The summed E-state index contributed by atoms with van der Waals surface area (Å²) in [5.41, 5.74) is 6.76. The molecule has 1 heterocycles. The van der Waals surface area contributed by atoms with Crippen molar-refractivity contribution in [2.75, 3.05) is 0 Å². The fourth-order valence-corrected chi connectivity index (χ4v) is 2.70. The zero-order valence-electron chi connectivity index (χ0n) is 9.88. The van der Waals surface area contributed by atoms with Gasteiger partial charge in [-0.2, -0.15) is 0 Å². The van der Waals surface area contributed by atoms with Gasteiger partial charge < -0.3 is 4.57 Å². The number of nitrogens with zero attached hydrogens (tertiary/aromatic N) is 2. The molecule has 0 bridgehead atoms. The zero-order chi connectivity index (χ0) is 11.9. The summed E-state index contributed by atoms with van der Waals surface area (Å²) in [4.78, 5) is 4.09. The quantitative estimate of drug-likeness (QED) is 0.491. The maximum atomic E-state index is 4.09. The molecule has 0 fully saturated rings. The largest absolute Gasteiger partial charge is 0.306 e. The molecule has 0 spiro atoms. The average Bonchev–Trinajstić information content (AvgIpc) is 3.05. The van der Waals surface area contributed by atoms with Gasteiger partial charge in [-0.1, -0.05) is 30.3 Å². The van der Waals surface area contributed by atoms with Crippen molar-refractivity contribution < 1.29 is 0 Å². The maximum Gasteiger partial charge on any atom is 0.0991 e. The van der Waals surface area contributed by atoms with Crippen molar-refractivity contribution in [3.63, 3.8) is 0 Å². The van der Waals surface area contributed by atoms with Crippen LogP contribution in [0.25, 0.3) is 16.8 Å². The monoisotopic (exact) mass is 232 g/mol. The molecule has 0 amide bonds. The minimum Gasteiger partial charge on any atom is -0.306 e. The lowest BCUT2D eigenvalue weighted by molar-refractivity contribution is 1.05. The van der Waals surface area contributed by atoms with Crippen LogP contribution in [0.5, 0.6) is 0 Å². The van der Waals surface area contributed by atoms with Crippen LogP contribution in [0, 0.1) is 0 Å². The van der Waals surface area contributed by atoms with Crippen LogP contribution >= 0.6 is 0 Å². The molecule has 4 rings (SSSR count). The van der Waals surface area contributed by atoms with Gasteiger partial charge in [0, 0.05) is 18.1 Å². The SMILES string of the molecule is c1ccc2c(c1)Cc1cc(-n3ccnc3)ccc1-2. The molecule has 1 aliphatic rings. The first-order chi connectivity index (χ1) is 8.92. The second-order valence-electron chi connectivity index (χ2n) is 4.65. The molecule has 1 aliphatic carbocycles. The van der Waals surface area contributed by atoms with Crippen molar-refractivity contribution in [1.82, 2.24) is 9.55 Å². The van der Waals surface area contributed by atoms with E-state index in [2.05, 4.69) is 47.4 Å². The third kappa shape index (κ3) is 1.32. The van der Waals surface area contributed by atoms with Gasteiger partial charge in [-0.3, -0.25) is 0 Å². The summed E-state index contributed by atoms with van der Waals surface area (Å²) in [5, 5.41) is 0. The lowest BCUT2D eigenvalue weighted by atomic mass is 10.1. The summed E-state index contributed by atoms with van der Waals surface area (Å²) in [6, 6.07) is 15.3. The van der Waals surface area contributed by atoms with Gasteiger partial charge in [-0.25, -0.2) is 4.98 Å². The Bertz CT molecular complexity index is 712. The number of imidazole rings is 1. The Morgan fingerprint density at radius 3 is 2.72 bits per heavy atom. The Labute approximate surface area is 106 Å². The van der Waals surface area contributed by atoms with Crippen LogP contribution in [-0.4, -0.2) is 9.55 Å². The van der Waals surface area contributed by atoms with E-state index in [1.807, 2.05) is 23.3 Å². The van der Waals surface area contributed by atoms with E-state index in [-0.39, 0.29) is 0 Å². The minimum atomic E-state index is 1.04. The molecule has 1 aromatic heterocycles. The molecule has 3 aromatic rings. The van der Waals surface area contributed by atoms with Crippen molar-refractivity contribution in [3.8, 4) is 16.8 Å². The van der Waals surface area contributed by atoms with Gasteiger partial charge >= 0.3 is 0 Å². The maximum absolute atomic E-state index is 4.09. The molecular formula is C16H12N2. The number of rotatable bonds is 1. The van der Waals surface area contributed by atoms with Gasteiger partial charge in [0.15, 0.2) is 0 Å². The van der Waals surface area contributed by atoms with E-state index in [1.165, 1.54) is 27.9 Å². The Morgan fingerprint density at radius 1 is 0.944 bits per heavy atom. The summed E-state index contributed by atoms with van der Waals surface area (Å²) in [6.07, 6.45) is 6.66. The van der Waals surface area contributed by atoms with Crippen molar-refractivity contribution >= 4 is 0 Å². The van der Waals surface area contributed by atoms with E-state index in [0.717, 1.165) is 6.42 Å². The van der Waals surface area contributed by atoms with Gasteiger partial charge in [0.1, 0.15) is 0 Å². The van der Waals surface area contributed by atoms with Crippen LogP contribution in [0.4, 0.5) is 0 Å². The van der Waals surface area contributed by atoms with E-state index in [9.17, 15) is 0 Å². The van der Waals surface area contributed by atoms with Crippen molar-refractivity contribution in [2.24, 2.45) is 0 Å². The van der Waals surface area contributed by atoms with E-state index in [4.69, 9.17) is 0 Å². The summed E-state index contributed by atoms with van der Waals surface area (Å²) < 4.78 is 2.04. The molecule has 2 nitrogen and oxygen atoms in total. The van der Waals surface area contributed by atoms with Gasteiger partial charge in [-0.15, -0.1) is 0 Å². The molecule has 2 heteroatoms. The second kappa shape index (κ2) is 3.57. The Hall–Kier alpha value is -2.35. The third-order valence-corrected chi connectivity index (χ3v) is 3.58. The molecule has 0 atom stereocenters. The molecule has 0 radical (unpaired) electrons. The lowest BCUT2D eigenvalue weighted by Gasteiger charge is -2.05. The van der Waals surface area contributed by atoms with E-state index in [0.29, 0.717) is 0 Å². The molecule has 86 valence electrons.